The molecular weight excluding hydrogens is 349 g/mol. The Morgan fingerprint density at radius 1 is 1.07 bits per heavy atom. The molecule has 0 spiro atoms. The minimum absolute atomic E-state index is 0.160. The third kappa shape index (κ3) is 3.35. The van der Waals surface area contributed by atoms with Crippen LogP contribution >= 0.6 is 0 Å². The van der Waals surface area contributed by atoms with Crippen LogP contribution in [0.15, 0.2) is 70.6 Å². The molecule has 0 amide bonds. The first-order valence-corrected chi connectivity index (χ1v) is 10.6. The minimum Gasteiger partial charge on any atom is -0.346 e. The number of aliphatic imine (C=N–C) groups is 1. The summed E-state index contributed by atoms with van der Waals surface area (Å²) in [6, 6.07) is 11.5. The van der Waals surface area contributed by atoms with Crippen molar-refractivity contribution in [3.63, 3.8) is 0 Å². The lowest BCUT2D eigenvalue weighted by molar-refractivity contribution is 0.207. The van der Waals surface area contributed by atoms with Gasteiger partial charge in [-0.25, -0.2) is 9.38 Å². The molecule has 1 aliphatic carbocycles. The molecule has 0 aromatic heterocycles. The lowest BCUT2D eigenvalue weighted by Gasteiger charge is -2.46. The van der Waals surface area contributed by atoms with E-state index in [1.54, 1.807) is 12.2 Å². The number of likely N-dealkylation sites (tertiary alicyclic amines) is 1. The summed E-state index contributed by atoms with van der Waals surface area (Å²) < 4.78 is 14.2. The lowest BCUT2D eigenvalue weighted by atomic mass is 9.88. The molecule has 2 saturated heterocycles. The van der Waals surface area contributed by atoms with Crippen LogP contribution in [-0.2, 0) is 0 Å². The number of piperidine rings is 2. The highest BCUT2D eigenvalue weighted by Gasteiger charge is 2.37. The number of benzene rings is 1. The van der Waals surface area contributed by atoms with Crippen molar-refractivity contribution in [2.45, 2.75) is 50.6 Å². The van der Waals surface area contributed by atoms with E-state index in [0.717, 1.165) is 44.0 Å². The van der Waals surface area contributed by atoms with Crippen LogP contribution in [0.4, 0.5) is 4.39 Å². The lowest BCUT2D eigenvalue weighted by Crippen LogP contribution is -2.54. The Labute approximate surface area is 166 Å². The van der Waals surface area contributed by atoms with Gasteiger partial charge in [-0.2, -0.15) is 0 Å². The second-order valence-electron chi connectivity index (χ2n) is 8.57. The normalized spacial score (nSPS) is 28.1. The van der Waals surface area contributed by atoms with Crippen LogP contribution in [0, 0.1) is 0 Å². The molecule has 1 aromatic rings. The largest absolute Gasteiger partial charge is 0.346 e. The molecule has 146 valence electrons. The summed E-state index contributed by atoms with van der Waals surface area (Å²) in [4.78, 5) is 9.83. The van der Waals surface area contributed by atoms with Gasteiger partial charge in [0.1, 0.15) is 11.7 Å². The SMILES string of the molecule is C[C@H]1CCC2=CC(F)=CC3=CC2N1C(CN1CCC(c2ccccc2)CC1)=N3. The predicted molar refractivity (Wildman–Crippen MR) is 112 cm³/mol. The molecule has 4 aliphatic rings. The number of halogens is 1. The fourth-order valence-corrected chi connectivity index (χ4v) is 5.19. The zero-order chi connectivity index (χ0) is 19.1. The first-order valence-electron chi connectivity index (χ1n) is 10.6. The van der Waals surface area contributed by atoms with E-state index in [1.165, 1.54) is 24.0 Å². The van der Waals surface area contributed by atoms with E-state index < -0.39 is 0 Å². The Morgan fingerprint density at radius 3 is 2.64 bits per heavy atom. The molecule has 1 unspecified atom stereocenters. The van der Waals surface area contributed by atoms with Crippen LogP contribution in [0.25, 0.3) is 0 Å². The van der Waals surface area contributed by atoms with Gasteiger partial charge in [0.25, 0.3) is 0 Å². The van der Waals surface area contributed by atoms with Crippen molar-refractivity contribution in [1.82, 2.24) is 9.80 Å². The number of allylic oxidation sites excluding steroid dienone is 3. The second-order valence-corrected chi connectivity index (χ2v) is 8.57. The maximum absolute atomic E-state index is 14.2. The van der Waals surface area contributed by atoms with Gasteiger partial charge in [0, 0.05) is 6.04 Å². The summed E-state index contributed by atoms with van der Waals surface area (Å²) in [5.41, 5.74) is 3.44. The summed E-state index contributed by atoms with van der Waals surface area (Å²) in [5, 5.41) is 0. The van der Waals surface area contributed by atoms with Crippen molar-refractivity contribution in [2.75, 3.05) is 19.6 Å². The van der Waals surface area contributed by atoms with Crippen LogP contribution in [0.3, 0.4) is 0 Å². The molecule has 0 N–H and O–H groups in total. The van der Waals surface area contributed by atoms with Crippen molar-refractivity contribution in [2.24, 2.45) is 4.99 Å². The van der Waals surface area contributed by atoms with Gasteiger partial charge in [0.2, 0.25) is 0 Å². The maximum Gasteiger partial charge on any atom is 0.125 e. The van der Waals surface area contributed by atoms with Crippen LogP contribution < -0.4 is 0 Å². The highest BCUT2D eigenvalue weighted by molar-refractivity contribution is 5.88. The fraction of sp³-hybridized carbons (Fsp3) is 0.458. The fourth-order valence-electron chi connectivity index (χ4n) is 5.19. The molecule has 3 nitrogen and oxygen atoms in total. The Balaban J connectivity index is 1.32. The van der Waals surface area contributed by atoms with E-state index in [-0.39, 0.29) is 11.9 Å². The van der Waals surface area contributed by atoms with Crippen LogP contribution in [0.2, 0.25) is 0 Å². The minimum atomic E-state index is -0.160. The topological polar surface area (TPSA) is 18.8 Å². The molecule has 5 rings (SSSR count). The number of nitrogens with zero attached hydrogens (tertiary/aromatic N) is 3. The molecule has 0 radical (unpaired) electrons. The Morgan fingerprint density at radius 2 is 1.86 bits per heavy atom. The summed E-state index contributed by atoms with van der Waals surface area (Å²) >= 11 is 0. The number of hydrogen-bond donors (Lipinski definition) is 0. The van der Waals surface area contributed by atoms with Gasteiger partial charge >= 0.3 is 0 Å². The second kappa shape index (κ2) is 7.32. The predicted octanol–water partition coefficient (Wildman–Crippen LogP) is 4.81. The molecule has 2 fully saturated rings. The zero-order valence-corrected chi connectivity index (χ0v) is 16.5. The smallest absolute Gasteiger partial charge is 0.125 e. The summed E-state index contributed by atoms with van der Waals surface area (Å²) in [5.74, 6) is 1.62. The molecule has 3 aliphatic heterocycles. The number of rotatable bonds is 3. The Kier molecular flexibility index (Phi) is 4.67. The monoisotopic (exact) mass is 377 g/mol. The number of amidine groups is 1. The van der Waals surface area contributed by atoms with Crippen molar-refractivity contribution < 1.29 is 4.39 Å². The van der Waals surface area contributed by atoms with E-state index in [1.807, 2.05) is 0 Å². The highest BCUT2D eigenvalue weighted by atomic mass is 19.1. The molecule has 4 heteroatoms. The number of hydrogen-bond acceptors (Lipinski definition) is 3. The van der Waals surface area contributed by atoms with Gasteiger partial charge in [-0.15, -0.1) is 0 Å². The average Bonchev–Trinajstić information content (AvgIpc) is 2.85. The molecule has 2 atom stereocenters. The van der Waals surface area contributed by atoms with Gasteiger partial charge in [-0.1, -0.05) is 30.3 Å². The van der Waals surface area contributed by atoms with Gasteiger partial charge in [0.05, 0.1) is 18.3 Å². The van der Waals surface area contributed by atoms with Crippen molar-refractivity contribution in [3.8, 4) is 0 Å². The molecule has 2 bridgehead atoms. The third-order valence-electron chi connectivity index (χ3n) is 6.72. The Bertz CT molecular complexity index is 859. The first-order chi connectivity index (χ1) is 13.7. The van der Waals surface area contributed by atoms with Gasteiger partial charge in [0.15, 0.2) is 0 Å². The van der Waals surface area contributed by atoms with E-state index in [4.69, 9.17) is 4.99 Å². The van der Waals surface area contributed by atoms with E-state index in [2.05, 4.69) is 53.1 Å². The quantitative estimate of drug-likeness (QED) is 0.753. The first kappa shape index (κ1) is 17.9. The third-order valence-corrected chi connectivity index (χ3v) is 6.72. The summed E-state index contributed by atoms with van der Waals surface area (Å²) in [7, 11) is 0. The Hall–Kier alpha value is -2.20. The summed E-state index contributed by atoms with van der Waals surface area (Å²) in [6.45, 7) is 5.33. The van der Waals surface area contributed by atoms with Crippen LogP contribution in [0.5, 0.6) is 0 Å². The van der Waals surface area contributed by atoms with Gasteiger partial charge < -0.3 is 4.90 Å². The standard InChI is InChI=1S/C24H28FN3/c1-17-7-8-20-13-21(25)14-22-15-23(20)28(17)24(26-22)16-27-11-9-19(10-12-27)18-5-3-2-4-6-18/h2-6,13-15,17,19,23H,7-12,16H2,1H3/t17-,23?/m0/s1. The zero-order valence-electron chi connectivity index (χ0n) is 16.5. The van der Waals surface area contributed by atoms with Gasteiger partial charge in [-0.05, 0) is 81.0 Å². The van der Waals surface area contributed by atoms with Crippen molar-refractivity contribution in [3.05, 3.63) is 71.2 Å². The van der Waals surface area contributed by atoms with Crippen LogP contribution in [0.1, 0.15) is 44.1 Å². The molecular formula is C24H28FN3. The van der Waals surface area contributed by atoms with E-state index in [0.29, 0.717) is 12.0 Å². The maximum atomic E-state index is 14.2. The van der Waals surface area contributed by atoms with Crippen molar-refractivity contribution in [1.29, 1.82) is 0 Å². The van der Waals surface area contributed by atoms with Gasteiger partial charge in [-0.3, -0.25) is 4.90 Å². The average molecular weight is 378 g/mol. The van der Waals surface area contributed by atoms with E-state index in [9.17, 15) is 4.39 Å². The van der Waals surface area contributed by atoms with Crippen LogP contribution in [-0.4, -0.2) is 47.4 Å². The molecule has 0 saturated carbocycles. The summed E-state index contributed by atoms with van der Waals surface area (Å²) in [6.07, 6.45) is 9.89. The molecule has 28 heavy (non-hydrogen) atoms. The highest BCUT2D eigenvalue weighted by Crippen LogP contribution is 2.36. The molecule has 3 heterocycles. The molecule has 1 aromatic carbocycles. The van der Waals surface area contributed by atoms with Crippen molar-refractivity contribution >= 4 is 5.84 Å². The van der Waals surface area contributed by atoms with E-state index >= 15 is 0 Å².